The van der Waals surface area contributed by atoms with Crippen molar-refractivity contribution in [2.45, 2.75) is 180 Å². The van der Waals surface area contributed by atoms with Crippen LogP contribution in [0.1, 0.15) is 168 Å². The molecule has 0 heterocycles. The SMILES string of the molecule is CCCCCCCCCCCCCCCCCCCC(=O)NC(COP(=O)(O)OCC[N+](C)(C)C)C(O)CCCCCCC. The Labute approximate surface area is 272 Å². The van der Waals surface area contributed by atoms with Crippen molar-refractivity contribution in [2.75, 3.05) is 40.9 Å². The minimum absolute atomic E-state index is 0.0770. The van der Waals surface area contributed by atoms with Crippen LogP contribution in [-0.4, -0.2) is 73.4 Å². The third kappa shape index (κ3) is 30.2. The number of hydrogen-bond acceptors (Lipinski definition) is 5. The molecule has 0 aromatic heterocycles. The van der Waals surface area contributed by atoms with Gasteiger partial charge in [-0.2, -0.15) is 0 Å². The molecule has 0 spiro atoms. The lowest BCUT2D eigenvalue weighted by Gasteiger charge is -2.26. The molecule has 0 aromatic rings. The van der Waals surface area contributed by atoms with E-state index in [0.717, 1.165) is 51.4 Å². The molecule has 8 nitrogen and oxygen atoms in total. The highest BCUT2D eigenvalue weighted by Gasteiger charge is 2.28. The Kier molecular flexibility index (Phi) is 28.4. The van der Waals surface area contributed by atoms with Crippen LogP contribution in [0.25, 0.3) is 0 Å². The number of quaternary nitrogens is 1. The quantitative estimate of drug-likeness (QED) is 0.0372. The standard InChI is InChI=1S/C35H73N2O6P/c1-6-8-10-12-13-14-15-16-17-18-19-20-21-22-23-25-27-29-35(39)36-33(34(38)28-26-24-11-9-7-2)32-43-44(40,41)42-31-30-37(3,4)5/h33-34,38H,6-32H2,1-5H3,(H-,36,39,40,41)/p+1. The second kappa shape index (κ2) is 28.7. The third-order valence-corrected chi connectivity index (χ3v) is 9.34. The molecule has 0 bridgehead atoms. The van der Waals surface area contributed by atoms with Crippen molar-refractivity contribution >= 4 is 13.7 Å². The van der Waals surface area contributed by atoms with Gasteiger partial charge in [-0.1, -0.05) is 149 Å². The predicted octanol–water partition coefficient (Wildman–Crippen LogP) is 9.07. The van der Waals surface area contributed by atoms with E-state index >= 15 is 0 Å². The Morgan fingerprint density at radius 3 is 1.52 bits per heavy atom. The Morgan fingerprint density at radius 1 is 0.682 bits per heavy atom. The molecule has 0 aromatic carbocycles. The van der Waals surface area contributed by atoms with Crippen LogP contribution in [0.15, 0.2) is 0 Å². The summed E-state index contributed by atoms with van der Waals surface area (Å²) in [6, 6.07) is -0.748. The van der Waals surface area contributed by atoms with E-state index in [1.807, 2.05) is 21.1 Å². The maximum atomic E-state index is 12.7. The van der Waals surface area contributed by atoms with Gasteiger partial charge in [0.15, 0.2) is 0 Å². The molecule has 0 aliphatic carbocycles. The zero-order chi connectivity index (χ0) is 32.9. The monoisotopic (exact) mass is 650 g/mol. The number of unbranched alkanes of at least 4 members (excludes halogenated alkanes) is 20. The molecule has 0 aliphatic heterocycles. The summed E-state index contributed by atoms with van der Waals surface area (Å²) in [5, 5.41) is 13.7. The van der Waals surface area contributed by atoms with Crippen molar-refractivity contribution in [1.82, 2.24) is 5.32 Å². The van der Waals surface area contributed by atoms with Crippen LogP contribution in [0.5, 0.6) is 0 Å². The maximum Gasteiger partial charge on any atom is 0.472 e. The molecular weight excluding hydrogens is 575 g/mol. The lowest BCUT2D eigenvalue weighted by atomic mass is 10.0. The molecule has 264 valence electrons. The molecule has 3 unspecified atom stereocenters. The van der Waals surface area contributed by atoms with Crippen LogP contribution < -0.4 is 5.32 Å². The molecule has 1 amide bonds. The van der Waals surface area contributed by atoms with E-state index in [2.05, 4.69) is 19.2 Å². The van der Waals surface area contributed by atoms with Crippen LogP contribution >= 0.6 is 7.82 Å². The van der Waals surface area contributed by atoms with Crippen LogP contribution in [0.3, 0.4) is 0 Å². The van der Waals surface area contributed by atoms with E-state index in [0.29, 0.717) is 23.9 Å². The number of aliphatic hydroxyl groups excluding tert-OH is 1. The predicted molar refractivity (Wildman–Crippen MR) is 185 cm³/mol. The highest BCUT2D eigenvalue weighted by molar-refractivity contribution is 7.47. The van der Waals surface area contributed by atoms with Crippen molar-refractivity contribution in [2.24, 2.45) is 0 Å². The Balaban J connectivity index is 4.20. The fraction of sp³-hybridized carbons (Fsp3) is 0.971. The van der Waals surface area contributed by atoms with E-state index in [9.17, 15) is 19.4 Å². The second-order valence-corrected chi connectivity index (χ2v) is 15.4. The minimum Gasteiger partial charge on any atom is -0.391 e. The lowest BCUT2D eigenvalue weighted by Crippen LogP contribution is -2.46. The molecule has 44 heavy (non-hydrogen) atoms. The summed E-state index contributed by atoms with van der Waals surface area (Å²) < 4.78 is 23.3. The average Bonchev–Trinajstić information content (AvgIpc) is 2.95. The van der Waals surface area contributed by atoms with E-state index in [1.54, 1.807) is 0 Å². The van der Waals surface area contributed by atoms with Crippen LogP contribution in [0.4, 0.5) is 0 Å². The molecule has 9 heteroatoms. The number of aliphatic hydroxyl groups is 1. The minimum atomic E-state index is -4.28. The third-order valence-electron chi connectivity index (χ3n) is 8.36. The van der Waals surface area contributed by atoms with Crippen LogP contribution in [-0.2, 0) is 18.4 Å². The summed E-state index contributed by atoms with van der Waals surface area (Å²) in [5.74, 6) is -0.150. The fourth-order valence-electron chi connectivity index (χ4n) is 5.34. The Hall–Kier alpha value is -0.500. The number of hydrogen-bond donors (Lipinski definition) is 3. The fourth-order valence-corrected chi connectivity index (χ4v) is 6.07. The molecule has 0 rings (SSSR count). The summed E-state index contributed by atoms with van der Waals surface area (Å²) in [6.45, 7) is 4.79. The summed E-state index contributed by atoms with van der Waals surface area (Å²) in [5.41, 5.74) is 0. The maximum absolute atomic E-state index is 12.7. The number of carbonyl (C=O) groups excluding carboxylic acids is 1. The van der Waals surface area contributed by atoms with Gasteiger partial charge in [-0.05, 0) is 12.8 Å². The number of phosphoric acid groups is 1. The average molecular weight is 650 g/mol. The topological polar surface area (TPSA) is 105 Å². The van der Waals surface area contributed by atoms with Crippen molar-refractivity contribution in [3.63, 3.8) is 0 Å². The zero-order valence-corrected chi connectivity index (χ0v) is 30.6. The smallest absolute Gasteiger partial charge is 0.391 e. The van der Waals surface area contributed by atoms with Crippen molar-refractivity contribution in [3.8, 4) is 0 Å². The van der Waals surface area contributed by atoms with Gasteiger partial charge in [0.25, 0.3) is 0 Å². The highest BCUT2D eigenvalue weighted by Crippen LogP contribution is 2.43. The Bertz CT molecular complexity index is 703. The van der Waals surface area contributed by atoms with Crippen molar-refractivity contribution < 1.29 is 32.9 Å². The Morgan fingerprint density at radius 2 is 1.09 bits per heavy atom. The number of likely N-dealkylation sites (N-methyl/N-ethyl adjacent to an activating group) is 1. The molecule has 0 fully saturated rings. The number of rotatable bonds is 33. The number of phosphoric ester groups is 1. The second-order valence-electron chi connectivity index (χ2n) is 14.0. The molecule has 3 atom stereocenters. The van der Waals surface area contributed by atoms with Crippen LogP contribution in [0.2, 0.25) is 0 Å². The van der Waals surface area contributed by atoms with Gasteiger partial charge in [0.05, 0.1) is 39.9 Å². The normalized spacial score (nSPS) is 14.8. The zero-order valence-electron chi connectivity index (χ0n) is 29.7. The highest BCUT2D eigenvalue weighted by atomic mass is 31.2. The van der Waals surface area contributed by atoms with E-state index in [4.69, 9.17) is 9.05 Å². The summed E-state index contributed by atoms with van der Waals surface area (Å²) in [7, 11) is 1.62. The van der Waals surface area contributed by atoms with Gasteiger partial charge >= 0.3 is 7.82 Å². The first-order chi connectivity index (χ1) is 21.0. The summed E-state index contributed by atoms with van der Waals surface area (Å²) >= 11 is 0. The van der Waals surface area contributed by atoms with Crippen molar-refractivity contribution in [1.29, 1.82) is 0 Å². The van der Waals surface area contributed by atoms with E-state index < -0.39 is 20.0 Å². The first-order valence-corrected chi connectivity index (χ1v) is 19.9. The molecule has 0 saturated heterocycles. The summed E-state index contributed by atoms with van der Waals surface area (Å²) in [4.78, 5) is 22.8. The van der Waals surface area contributed by atoms with Crippen LogP contribution in [0, 0.1) is 0 Å². The number of nitrogens with one attached hydrogen (secondary N) is 1. The van der Waals surface area contributed by atoms with Gasteiger partial charge < -0.3 is 19.8 Å². The molecule has 0 saturated carbocycles. The first kappa shape index (κ1) is 43.5. The molecule has 0 radical (unpaired) electrons. The number of carbonyl (C=O) groups is 1. The molecule has 3 N–H and O–H groups in total. The van der Waals surface area contributed by atoms with Crippen molar-refractivity contribution in [3.05, 3.63) is 0 Å². The van der Waals surface area contributed by atoms with Gasteiger partial charge in [-0.15, -0.1) is 0 Å². The van der Waals surface area contributed by atoms with Gasteiger partial charge in [-0.3, -0.25) is 13.8 Å². The van der Waals surface area contributed by atoms with E-state index in [-0.39, 0.29) is 19.1 Å². The first-order valence-electron chi connectivity index (χ1n) is 18.4. The number of amides is 1. The lowest BCUT2D eigenvalue weighted by molar-refractivity contribution is -0.870. The molecule has 0 aliphatic rings. The van der Waals surface area contributed by atoms with Gasteiger partial charge in [-0.25, -0.2) is 4.57 Å². The largest absolute Gasteiger partial charge is 0.472 e. The van der Waals surface area contributed by atoms with Gasteiger partial charge in [0.1, 0.15) is 13.2 Å². The van der Waals surface area contributed by atoms with Gasteiger partial charge in [0.2, 0.25) is 5.91 Å². The van der Waals surface area contributed by atoms with E-state index in [1.165, 1.54) is 89.9 Å². The van der Waals surface area contributed by atoms with Gasteiger partial charge in [0, 0.05) is 6.42 Å². The molecular formula is C35H74N2O6P+. The number of nitrogens with zero attached hydrogens (tertiary/aromatic N) is 1. The summed E-state index contributed by atoms with van der Waals surface area (Å²) in [6.07, 6.45) is 27.3.